The number of benzene rings is 2. The van der Waals surface area contributed by atoms with Crippen LogP contribution in [0.5, 0.6) is 11.5 Å². The molecular weight excluding hydrogens is 294 g/mol. The van der Waals surface area contributed by atoms with Crippen LogP contribution in [0.1, 0.15) is 21.5 Å². The summed E-state index contributed by atoms with van der Waals surface area (Å²) in [5, 5.41) is 21.8. The maximum absolute atomic E-state index is 12.2. The number of imidazole rings is 1. The maximum Gasteiger partial charge on any atom is 0.251 e. The number of amides is 1. The average molecular weight is 311 g/mol. The van der Waals surface area contributed by atoms with E-state index in [1.165, 1.54) is 12.1 Å². The molecule has 0 saturated heterocycles. The lowest BCUT2D eigenvalue weighted by Gasteiger charge is -2.09. The van der Waals surface area contributed by atoms with Crippen molar-refractivity contribution >= 4 is 16.9 Å². The molecule has 1 aromatic heterocycles. The summed E-state index contributed by atoms with van der Waals surface area (Å²) < 4.78 is 0. The predicted octanol–water partition coefficient (Wildman–Crippen LogP) is 2.26. The van der Waals surface area contributed by atoms with Gasteiger partial charge in [0.15, 0.2) is 11.5 Å². The third-order valence-corrected chi connectivity index (χ3v) is 3.80. The van der Waals surface area contributed by atoms with Gasteiger partial charge in [-0.1, -0.05) is 0 Å². The van der Waals surface area contributed by atoms with Crippen LogP contribution in [0.25, 0.3) is 11.0 Å². The number of hydrogen-bond acceptors (Lipinski definition) is 4. The molecule has 1 heterocycles. The van der Waals surface area contributed by atoms with E-state index in [0.29, 0.717) is 18.5 Å². The number of aromatic hydroxyl groups is 2. The first-order valence-electron chi connectivity index (χ1n) is 7.27. The SMILES string of the molecule is Cc1cc(O)c(O)cc1CCNC(=O)c1ccc2nc[nH]c2c1. The van der Waals surface area contributed by atoms with Gasteiger partial charge in [0.1, 0.15) is 0 Å². The van der Waals surface area contributed by atoms with E-state index in [2.05, 4.69) is 15.3 Å². The highest BCUT2D eigenvalue weighted by Gasteiger charge is 2.09. The number of phenols is 2. The summed E-state index contributed by atoms with van der Waals surface area (Å²) in [6.45, 7) is 2.29. The van der Waals surface area contributed by atoms with Gasteiger partial charge in [-0.15, -0.1) is 0 Å². The van der Waals surface area contributed by atoms with Crippen molar-refractivity contribution in [1.29, 1.82) is 0 Å². The number of H-pyrrole nitrogens is 1. The molecule has 4 N–H and O–H groups in total. The van der Waals surface area contributed by atoms with Gasteiger partial charge in [-0.05, 0) is 54.8 Å². The number of phenolic OH excluding ortho intramolecular Hbond substituents is 2. The van der Waals surface area contributed by atoms with Gasteiger partial charge in [0.25, 0.3) is 5.91 Å². The van der Waals surface area contributed by atoms with Crippen molar-refractivity contribution in [3.05, 3.63) is 53.3 Å². The fourth-order valence-electron chi connectivity index (χ4n) is 2.48. The Balaban J connectivity index is 1.64. The number of carbonyl (C=O) groups excluding carboxylic acids is 1. The monoisotopic (exact) mass is 311 g/mol. The first kappa shape index (κ1) is 14.9. The molecule has 0 saturated carbocycles. The molecule has 1 amide bonds. The molecule has 3 rings (SSSR count). The number of fused-ring (bicyclic) bond motifs is 1. The minimum absolute atomic E-state index is 0.136. The Morgan fingerprint density at radius 3 is 2.83 bits per heavy atom. The number of hydrogen-bond donors (Lipinski definition) is 4. The molecule has 0 atom stereocenters. The zero-order valence-electron chi connectivity index (χ0n) is 12.6. The predicted molar refractivity (Wildman–Crippen MR) is 86.6 cm³/mol. The van der Waals surface area contributed by atoms with Crippen molar-refractivity contribution in [3.8, 4) is 11.5 Å². The van der Waals surface area contributed by atoms with E-state index in [9.17, 15) is 15.0 Å². The maximum atomic E-state index is 12.2. The normalized spacial score (nSPS) is 10.8. The van der Waals surface area contributed by atoms with Crippen molar-refractivity contribution in [2.75, 3.05) is 6.54 Å². The van der Waals surface area contributed by atoms with Crippen LogP contribution < -0.4 is 5.32 Å². The van der Waals surface area contributed by atoms with Gasteiger partial charge >= 0.3 is 0 Å². The lowest BCUT2D eigenvalue weighted by atomic mass is 10.0. The highest BCUT2D eigenvalue weighted by molar-refractivity contribution is 5.97. The first-order chi connectivity index (χ1) is 11.0. The van der Waals surface area contributed by atoms with Crippen LogP contribution in [-0.4, -0.2) is 32.6 Å². The number of rotatable bonds is 4. The lowest BCUT2D eigenvalue weighted by molar-refractivity contribution is 0.0954. The Morgan fingerprint density at radius 1 is 1.22 bits per heavy atom. The fraction of sp³-hybridized carbons (Fsp3) is 0.176. The summed E-state index contributed by atoms with van der Waals surface area (Å²) in [4.78, 5) is 19.3. The largest absolute Gasteiger partial charge is 0.504 e. The van der Waals surface area contributed by atoms with E-state index in [-0.39, 0.29) is 17.4 Å². The van der Waals surface area contributed by atoms with Gasteiger partial charge in [0.2, 0.25) is 0 Å². The third kappa shape index (κ3) is 3.11. The molecule has 0 radical (unpaired) electrons. The molecular formula is C17H17N3O3. The zero-order chi connectivity index (χ0) is 16.4. The first-order valence-corrected chi connectivity index (χ1v) is 7.27. The van der Waals surface area contributed by atoms with E-state index in [4.69, 9.17) is 0 Å². The van der Waals surface area contributed by atoms with Crippen LogP contribution in [0.15, 0.2) is 36.7 Å². The van der Waals surface area contributed by atoms with Gasteiger partial charge in [-0.3, -0.25) is 4.79 Å². The summed E-state index contributed by atoms with van der Waals surface area (Å²) in [6, 6.07) is 8.32. The second-order valence-corrected chi connectivity index (χ2v) is 5.41. The van der Waals surface area contributed by atoms with Crippen molar-refractivity contribution < 1.29 is 15.0 Å². The molecule has 0 bridgehead atoms. The molecule has 0 aliphatic carbocycles. The van der Waals surface area contributed by atoms with Crippen molar-refractivity contribution in [3.63, 3.8) is 0 Å². The zero-order valence-corrected chi connectivity index (χ0v) is 12.6. The summed E-state index contributed by atoms with van der Waals surface area (Å²) >= 11 is 0. The number of aromatic amines is 1. The van der Waals surface area contributed by atoms with Crippen LogP contribution in [-0.2, 0) is 6.42 Å². The van der Waals surface area contributed by atoms with E-state index in [1.54, 1.807) is 24.5 Å². The van der Waals surface area contributed by atoms with Crippen molar-refractivity contribution in [2.24, 2.45) is 0 Å². The van der Waals surface area contributed by atoms with E-state index >= 15 is 0 Å². The number of aromatic nitrogens is 2. The number of nitrogens with zero attached hydrogens (tertiary/aromatic N) is 1. The Labute approximate surface area is 132 Å². The van der Waals surface area contributed by atoms with E-state index < -0.39 is 0 Å². The molecule has 0 aliphatic heterocycles. The fourth-order valence-corrected chi connectivity index (χ4v) is 2.48. The third-order valence-electron chi connectivity index (χ3n) is 3.80. The average Bonchev–Trinajstić information content (AvgIpc) is 2.99. The molecule has 0 aliphatic rings. The van der Waals surface area contributed by atoms with E-state index in [0.717, 1.165) is 22.2 Å². The van der Waals surface area contributed by atoms with Crippen LogP contribution in [0.4, 0.5) is 0 Å². The summed E-state index contributed by atoms with van der Waals surface area (Å²) in [6.07, 6.45) is 2.16. The number of aryl methyl sites for hydroxylation is 1. The summed E-state index contributed by atoms with van der Waals surface area (Å²) in [5.41, 5.74) is 3.94. The molecule has 0 spiro atoms. The standard InChI is InChI=1S/C17H17N3O3/c1-10-6-15(21)16(22)8-11(10)4-5-18-17(23)12-2-3-13-14(7-12)20-9-19-13/h2-3,6-9,21-22H,4-5H2,1H3,(H,18,23)(H,19,20). The molecule has 0 unspecified atom stereocenters. The van der Waals surface area contributed by atoms with Gasteiger partial charge in [0, 0.05) is 12.1 Å². The Hall–Kier alpha value is -3.02. The van der Waals surface area contributed by atoms with Crippen LogP contribution in [0.2, 0.25) is 0 Å². The number of nitrogens with one attached hydrogen (secondary N) is 2. The molecule has 2 aromatic carbocycles. The van der Waals surface area contributed by atoms with Crippen LogP contribution >= 0.6 is 0 Å². The van der Waals surface area contributed by atoms with Gasteiger partial charge < -0.3 is 20.5 Å². The Bertz CT molecular complexity index is 871. The highest BCUT2D eigenvalue weighted by atomic mass is 16.3. The molecule has 6 heteroatoms. The topological polar surface area (TPSA) is 98.2 Å². The number of carbonyl (C=O) groups is 1. The van der Waals surface area contributed by atoms with Crippen LogP contribution in [0.3, 0.4) is 0 Å². The summed E-state index contributed by atoms with van der Waals surface area (Å²) in [7, 11) is 0. The quantitative estimate of drug-likeness (QED) is 0.555. The smallest absolute Gasteiger partial charge is 0.251 e. The molecule has 6 nitrogen and oxygen atoms in total. The van der Waals surface area contributed by atoms with Gasteiger partial charge in [0.05, 0.1) is 17.4 Å². The Morgan fingerprint density at radius 2 is 2.00 bits per heavy atom. The van der Waals surface area contributed by atoms with Gasteiger partial charge in [-0.2, -0.15) is 0 Å². The lowest BCUT2D eigenvalue weighted by Crippen LogP contribution is -2.25. The molecule has 3 aromatic rings. The highest BCUT2D eigenvalue weighted by Crippen LogP contribution is 2.28. The molecule has 118 valence electrons. The minimum atomic E-state index is -0.165. The van der Waals surface area contributed by atoms with E-state index in [1.807, 2.05) is 6.92 Å². The van der Waals surface area contributed by atoms with Gasteiger partial charge in [-0.25, -0.2) is 4.98 Å². The van der Waals surface area contributed by atoms with Crippen molar-refractivity contribution in [1.82, 2.24) is 15.3 Å². The second kappa shape index (κ2) is 6.00. The Kier molecular flexibility index (Phi) is 3.89. The second-order valence-electron chi connectivity index (χ2n) is 5.41. The molecule has 0 fully saturated rings. The summed E-state index contributed by atoms with van der Waals surface area (Å²) in [5.74, 6) is -0.452. The molecule has 23 heavy (non-hydrogen) atoms. The minimum Gasteiger partial charge on any atom is -0.504 e. The van der Waals surface area contributed by atoms with Crippen molar-refractivity contribution in [2.45, 2.75) is 13.3 Å². The van der Waals surface area contributed by atoms with Crippen LogP contribution in [0, 0.1) is 6.92 Å².